The molecule has 0 saturated heterocycles. The highest BCUT2D eigenvalue weighted by Gasteiger charge is 2.04. The molecule has 1 aromatic rings. The van der Waals surface area contributed by atoms with Gasteiger partial charge in [-0.15, -0.1) is 0 Å². The zero-order valence-electron chi connectivity index (χ0n) is 8.24. The zero-order chi connectivity index (χ0) is 10.6. The van der Waals surface area contributed by atoms with Gasteiger partial charge in [0.2, 0.25) is 0 Å². The third-order valence-electron chi connectivity index (χ3n) is 1.76. The molecule has 0 saturated carbocycles. The Morgan fingerprint density at radius 3 is 2.64 bits per heavy atom. The van der Waals surface area contributed by atoms with Crippen LogP contribution in [0.3, 0.4) is 0 Å². The lowest BCUT2D eigenvalue weighted by Crippen LogP contribution is -2.06. The largest absolute Gasteiger partial charge is 0.427 e. The fourth-order valence-corrected chi connectivity index (χ4v) is 0.982. The number of ether oxygens (including phenoxy) is 1. The molecule has 0 spiro atoms. The van der Waals surface area contributed by atoms with Gasteiger partial charge in [0.05, 0.1) is 0 Å². The number of esters is 1. The first-order valence-electron chi connectivity index (χ1n) is 4.45. The average molecular weight is 192 g/mol. The van der Waals surface area contributed by atoms with Crippen LogP contribution >= 0.6 is 0 Å². The molecule has 1 aromatic carbocycles. The Labute approximate surface area is 82.7 Å². The van der Waals surface area contributed by atoms with Crippen LogP contribution in [-0.2, 0) is 4.79 Å². The van der Waals surface area contributed by atoms with E-state index in [1.165, 1.54) is 6.92 Å². The Hall–Kier alpha value is -1.64. The number of carbonyl (C=O) groups excluding carboxylic acids is 2. The Bertz CT molecular complexity index is 355. The first-order valence-corrected chi connectivity index (χ1v) is 4.45. The number of rotatable bonds is 3. The van der Waals surface area contributed by atoms with Crippen LogP contribution in [0.4, 0.5) is 0 Å². The summed E-state index contributed by atoms with van der Waals surface area (Å²) < 4.78 is 4.96. The molecule has 0 N–H and O–H groups in total. The van der Waals surface area contributed by atoms with Gasteiger partial charge in [-0.1, -0.05) is 19.1 Å². The van der Waals surface area contributed by atoms with Gasteiger partial charge in [-0.25, -0.2) is 0 Å². The maximum Gasteiger partial charge on any atom is 0.310 e. The Kier molecular flexibility index (Phi) is 3.40. The molecule has 0 radical (unpaired) electrons. The monoisotopic (exact) mass is 192 g/mol. The van der Waals surface area contributed by atoms with Crippen molar-refractivity contribution >= 4 is 11.8 Å². The maximum atomic E-state index is 11.0. The third-order valence-corrected chi connectivity index (χ3v) is 1.76. The molecule has 0 fully saturated rings. The molecule has 0 aliphatic carbocycles. The topological polar surface area (TPSA) is 43.4 Å². The predicted molar refractivity (Wildman–Crippen MR) is 52.4 cm³/mol. The standard InChI is InChI=1S/C11H12O3/c1-3-11(13)14-10-6-4-5-9(7-10)8(2)12/h4-7H,3H2,1-2H3. The molecule has 74 valence electrons. The second-order valence-corrected chi connectivity index (χ2v) is 2.91. The van der Waals surface area contributed by atoms with E-state index in [1.807, 2.05) is 0 Å². The van der Waals surface area contributed by atoms with Gasteiger partial charge in [0.15, 0.2) is 5.78 Å². The number of hydrogen-bond acceptors (Lipinski definition) is 3. The molecule has 0 aliphatic rings. The van der Waals surface area contributed by atoms with E-state index in [1.54, 1.807) is 31.2 Å². The number of hydrogen-bond donors (Lipinski definition) is 0. The molecule has 3 nitrogen and oxygen atoms in total. The number of carbonyl (C=O) groups is 2. The molecule has 14 heavy (non-hydrogen) atoms. The summed E-state index contributed by atoms with van der Waals surface area (Å²) in [5, 5.41) is 0. The van der Waals surface area contributed by atoms with Crippen molar-refractivity contribution in [2.75, 3.05) is 0 Å². The van der Waals surface area contributed by atoms with Crippen molar-refractivity contribution in [1.29, 1.82) is 0 Å². The summed E-state index contributed by atoms with van der Waals surface area (Å²) in [6.45, 7) is 3.19. The van der Waals surface area contributed by atoms with Gasteiger partial charge in [-0.3, -0.25) is 9.59 Å². The minimum absolute atomic E-state index is 0.0422. The fraction of sp³-hybridized carbons (Fsp3) is 0.273. The summed E-state index contributed by atoms with van der Waals surface area (Å²) in [6.07, 6.45) is 0.324. The highest BCUT2D eigenvalue weighted by atomic mass is 16.5. The molecule has 0 amide bonds. The highest BCUT2D eigenvalue weighted by molar-refractivity contribution is 5.94. The van der Waals surface area contributed by atoms with Crippen molar-refractivity contribution in [3.05, 3.63) is 29.8 Å². The lowest BCUT2D eigenvalue weighted by atomic mass is 10.1. The smallest absolute Gasteiger partial charge is 0.310 e. The summed E-state index contributed by atoms with van der Waals surface area (Å²) >= 11 is 0. The number of Topliss-reactive ketones (excluding diaryl/α,β-unsaturated/α-hetero) is 1. The summed E-state index contributed by atoms with van der Waals surface area (Å²) in [7, 11) is 0. The minimum Gasteiger partial charge on any atom is -0.427 e. The van der Waals surface area contributed by atoms with Gasteiger partial charge >= 0.3 is 5.97 Å². The van der Waals surface area contributed by atoms with Crippen molar-refractivity contribution in [3.8, 4) is 5.75 Å². The van der Waals surface area contributed by atoms with Crippen molar-refractivity contribution in [2.24, 2.45) is 0 Å². The summed E-state index contributed by atoms with van der Waals surface area (Å²) in [5.74, 6) is 0.0784. The Morgan fingerprint density at radius 2 is 2.07 bits per heavy atom. The molecule has 0 aromatic heterocycles. The molecule has 0 unspecified atom stereocenters. The number of benzene rings is 1. The van der Waals surface area contributed by atoms with Gasteiger partial charge in [0.25, 0.3) is 0 Å². The van der Waals surface area contributed by atoms with Crippen LogP contribution in [0, 0.1) is 0 Å². The first-order chi connectivity index (χ1) is 6.63. The van der Waals surface area contributed by atoms with Crippen molar-refractivity contribution in [1.82, 2.24) is 0 Å². The summed E-state index contributed by atoms with van der Waals surface area (Å²) in [6, 6.07) is 6.59. The minimum atomic E-state index is -0.300. The third kappa shape index (κ3) is 2.69. The van der Waals surface area contributed by atoms with Gasteiger partial charge in [-0.2, -0.15) is 0 Å². The van der Waals surface area contributed by atoms with E-state index in [0.717, 1.165) is 0 Å². The fourth-order valence-electron chi connectivity index (χ4n) is 0.982. The quantitative estimate of drug-likeness (QED) is 0.419. The second-order valence-electron chi connectivity index (χ2n) is 2.91. The molecular formula is C11H12O3. The molecule has 3 heteroatoms. The van der Waals surface area contributed by atoms with Crippen molar-refractivity contribution in [2.45, 2.75) is 20.3 Å². The zero-order valence-corrected chi connectivity index (χ0v) is 8.24. The average Bonchev–Trinajstić information content (AvgIpc) is 2.18. The van der Waals surface area contributed by atoms with E-state index in [2.05, 4.69) is 0 Å². The molecule has 0 atom stereocenters. The van der Waals surface area contributed by atoms with Crippen LogP contribution in [0.2, 0.25) is 0 Å². The van der Waals surface area contributed by atoms with Gasteiger partial charge < -0.3 is 4.74 Å². The van der Waals surface area contributed by atoms with E-state index in [-0.39, 0.29) is 11.8 Å². The highest BCUT2D eigenvalue weighted by Crippen LogP contribution is 2.14. The van der Waals surface area contributed by atoms with Crippen LogP contribution < -0.4 is 4.74 Å². The van der Waals surface area contributed by atoms with Crippen LogP contribution in [0.15, 0.2) is 24.3 Å². The van der Waals surface area contributed by atoms with Crippen molar-refractivity contribution in [3.63, 3.8) is 0 Å². The molecule has 1 rings (SSSR count). The van der Waals surface area contributed by atoms with E-state index < -0.39 is 0 Å². The predicted octanol–water partition coefficient (Wildman–Crippen LogP) is 2.20. The number of ketones is 1. The van der Waals surface area contributed by atoms with Gasteiger partial charge in [-0.05, 0) is 19.1 Å². The van der Waals surface area contributed by atoms with E-state index in [4.69, 9.17) is 4.74 Å². The van der Waals surface area contributed by atoms with E-state index in [0.29, 0.717) is 17.7 Å². The molecular weight excluding hydrogens is 180 g/mol. The Balaban J connectivity index is 2.83. The van der Waals surface area contributed by atoms with Crippen LogP contribution in [0.25, 0.3) is 0 Å². The lowest BCUT2D eigenvalue weighted by molar-refractivity contribution is -0.134. The maximum absolute atomic E-state index is 11.0. The van der Waals surface area contributed by atoms with Gasteiger partial charge in [0.1, 0.15) is 5.75 Å². The summed E-state index contributed by atoms with van der Waals surface area (Å²) in [5.41, 5.74) is 0.548. The second kappa shape index (κ2) is 4.56. The lowest BCUT2D eigenvalue weighted by Gasteiger charge is -2.03. The van der Waals surface area contributed by atoms with Crippen LogP contribution in [0.1, 0.15) is 30.6 Å². The summed E-state index contributed by atoms with van der Waals surface area (Å²) in [4.78, 5) is 22.0. The SMILES string of the molecule is CCC(=O)Oc1cccc(C(C)=O)c1. The van der Waals surface area contributed by atoms with Crippen LogP contribution in [-0.4, -0.2) is 11.8 Å². The molecule has 0 heterocycles. The van der Waals surface area contributed by atoms with E-state index >= 15 is 0 Å². The van der Waals surface area contributed by atoms with Crippen LogP contribution in [0.5, 0.6) is 5.75 Å². The van der Waals surface area contributed by atoms with Crippen molar-refractivity contribution < 1.29 is 14.3 Å². The normalized spacial score (nSPS) is 9.57. The van der Waals surface area contributed by atoms with E-state index in [9.17, 15) is 9.59 Å². The molecule has 0 aliphatic heterocycles. The Morgan fingerprint density at radius 1 is 1.36 bits per heavy atom. The first kappa shape index (κ1) is 10.4. The van der Waals surface area contributed by atoms with Gasteiger partial charge in [0, 0.05) is 12.0 Å². The molecule has 0 bridgehead atoms.